The van der Waals surface area contributed by atoms with Crippen molar-refractivity contribution in [3.63, 3.8) is 0 Å². The zero-order chi connectivity index (χ0) is 22.9. The lowest BCUT2D eigenvalue weighted by molar-refractivity contribution is 0.198. The molecule has 1 aliphatic rings. The molecule has 0 aliphatic heterocycles. The topological polar surface area (TPSA) is 85.6 Å². The first-order valence-corrected chi connectivity index (χ1v) is 11.4. The van der Waals surface area contributed by atoms with Crippen LogP contribution < -0.4 is 20.1 Å². The number of nitrogens with zero attached hydrogens (tertiary/aromatic N) is 4. The summed E-state index contributed by atoms with van der Waals surface area (Å²) in [4.78, 5) is 8.38. The first-order chi connectivity index (χ1) is 16.2. The average Bonchev–Trinajstić information content (AvgIpc) is 3.55. The Kier molecular flexibility index (Phi) is 7.79. The summed E-state index contributed by atoms with van der Waals surface area (Å²) in [6.45, 7) is 1.94. The van der Waals surface area contributed by atoms with Crippen LogP contribution in [0.25, 0.3) is 0 Å². The Labute approximate surface area is 195 Å². The molecule has 0 saturated heterocycles. The minimum atomic E-state index is 0.266. The SMILES string of the molecule is CN=C(NCc1cccc(Cn2cncn2)c1)NCc1cccc(OC)c1OC1CCCC1. The molecular weight excluding hydrogens is 416 g/mol. The quantitative estimate of drug-likeness (QED) is 0.385. The van der Waals surface area contributed by atoms with Crippen molar-refractivity contribution < 1.29 is 9.47 Å². The molecule has 8 heteroatoms. The second kappa shape index (κ2) is 11.4. The van der Waals surface area contributed by atoms with Gasteiger partial charge in [-0.1, -0.05) is 36.4 Å². The van der Waals surface area contributed by atoms with Gasteiger partial charge < -0.3 is 20.1 Å². The fraction of sp³-hybridized carbons (Fsp3) is 0.400. The molecule has 1 fully saturated rings. The summed E-state index contributed by atoms with van der Waals surface area (Å²) >= 11 is 0. The lowest BCUT2D eigenvalue weighted by atomic mass is 10.1. The Bertz CT molecular complexity index is 1040. The predicted molar refractivity (Wildman–Crippen MR) is 128 cm³/mol. The third-order valence-electron chi connectivity index (χ3n) is 5.80. The standard InChI is InChI=1S/C25H32N6O2/c1-26-25(28-14-19-7-5-8-20(13-19)16-31-18-27-17-30-31)29-15-21-9-6-12-23(32-2)24(21)33-22-10-3-4-11-22/h5-9,12-13,17-18,22H,3-4,10-11,14-16H2,1-2H3,(H2,26,28,29). The van der Waals surface area contributed by atoms with Crippen LogP contribution in [0.3, 0.4) is 0 Å². The number of nitrogens with one attached hydrogen (secondary N) is 2. The molecule has 4 rings (SSSR count). The minimum absolute atomic E-state index is 0.266. The third-order valence-corrected chi connectivity index (χ3v) is 5.80. The average molecular weight is 449 g/mol. The van der Waals surface area contributed by atoms with Crippen molar-refractivity contribution in [1.82, 2.24) is 25.4 Å². The van der Waals surface area contributed by atoms with E-state index < -0.39 is 0 Å². The van der Waals surface area contributed by atoms with E-state index in [1.807, 2.05) is 16.8 Å². The minimum Gasteiger partial charge on any atom is -0.493 e. The summed E-state index contributed by atoms with van der Waals surface area (Å²) in [6, 6.07) is 14.4. The fourth-order valence-electron chi connectivity index (χ4n) is 4.09. The van der Waals surface area contributed by atoms with Crippen LogP contribution in [0.5, 0.6) is 11.5 Å². The van der Waals surface area contributed by atoms with Gasteiger partial charge in [0.15, 0.2) is 17.5 Å². The maximum Gasteiger partial charge on any atom is 0.191 e. The highest BCUT2D eigenvalue weighted by molar-refractivity contribution is 5.79. The van der Waals surface area contributed by atoms with E-state index in [-0.39, 0.29) is 6.10 Å². The van der Waals surface area contributed by atoms with Crippen LogP contribution in [-0.2, 0) is 19.6 Å². The van der Waals surface area contributed by atoms with E-state index >= 15 is 0 Å². The lowest BCUT2D eigenvalue weighted by Crippen LogP contribution is -2.36. The summed E-state index contributed by atoms with van der Waals surface area (Å²) < 4.78 is 13.7. The monoisotopic (exact) mass is 448 g/mol. The Morgan fingerprint density at radius 3 is 2.64 bits per heavy atom. The molecule has 1 aliphatic carbocycles. The summed E-state index contributed by atoms with van der Waals surface area (Å²) in [6.07, 6.45) is 8.19. The van der Waals surface area contributed by atoms with Crippen LogP contribution in [0.4, 0.5) is 0 Å². The first-order valence-electron chi connectivity index (χ1n) is 11.4. The van der Waals surface area contributed by atoms with Gasteiger partial charge in [-0.2, -0.15) is 5.10 Å². The summed E-state index contributed by atoms with van der Waals surface area (Å²) in [5.41, 5.74) is 3.40. The first kappa shape index (κ1) is 22.6. The number of guanidine groups is 1. The van der Waals surface area contributed by atoms with Gasteiger partial charge in [-0.25, -0.2) is 9.67 Å². The van der Waals surface area contributed by atoms with Crippen molar-refractivity contribution in [3.05, 3.63) is 71.8 Å². The number of ether oxygens (including phenoxy) is 2. The van der Waals surface area contributed by atoms with Crippen molar-refractivity contribution in [1.29, 1.82) is 0 Å². The normalized spacial score (nSPS) is 14.3. The van der Waals surface area contributed by atoms with Gasteiger partial charge in [-0.15, -0.1) is 0 Å². The number of rotatable bonds is 9. The van der Waals surface area contributed by atoms with Crippen molar-refractivity contribution in [2.75, 3.05) is 14.2 Å². The van der Waals surface area contributed by atoms with Crippen LogP contribution in [0, 0.1) is 0 Å². The van der Waals surface area contributed by atoms with Crippen LogP contribution >= 0.6 is 0 Å². The number of benzene rings is 2. The maximum absolute atomic E-state index is 6.34. The zero-order valence-corrected chi connectivity index (χ0v) is 19.3. The molecule has 33 heavy (non-hydrogen) atoms. The van der Waals surface area contributed by atoms with Crippen molar-refractivity contribution in [2.45, 2.75) is 51.4 Å². The number of hydrogen-bond donors (Lipinski definition) is 2. The molecule has 1 saturated carbocycles. The van der Waals surface area contributed by atoms with E-state index in [0.717, 1.165) is 35.9 Å². The molecule has 0 spiro atoms. The maximum atomic E-state index is 6.34. The van der Waals surface area contributed by atoms with Gasteiger partial charge in [-0.05, 0) is 42.9 Å². The van der Waals surface area contributed by atoms with E-state index in [2.05, 4.69) is 56.0 Å². The molecule has 2 N–H and O–H groups in total. The second-order valence-electron chi connectivity index (χ2n) is 8.17. The van der Waals surface area contributed by atoms with Gasteiger partial charge in [0.2, 0.25) is 0 Å². The van der Waals surface area contributed by atoms with Crippen LogP contribution in [-0.4, -0.2) is 41.0 Å². The third kappa shape index (κ3) is 6.25. The van der Waals surface area contributed by atoms with Gasteiger partial charge >= 0.3 is 0 Å². The second-order valence-corrected chi connectivity index (χ2v) is 8.17. The van der Waals surface area contributed by atoms with Gasteiger partial charge in [0.05, 0.1) is 19.8 Å². The Balaban J connectivity index is 1.35. The predicted octanol–water partition coefficient (Wildman–Crippen LogP) is 3.52. The Hall–Kier alpha value is -3.55. The number of hydrogen-bond acceptors (Lipinski definition) is 5. The molecule has 174 valence electrons. The molecule has 0 bridgehead atoms. The summed E-state index contributed by atoms with van der Waals surface area (Å²) in [7, 11) is 3.46. The highest BCUT2D eigenvalue weighted by Gasteiger charge is 2.20. The molecule has 3 aromatic rings. The number of methoxy groups -OCH3 is 1. The van der Waals surface area contributed by atoms with Gasteiger partial charge in [0.25, 0.3) is 0 Å². The largest absolute Gasteiger partial charge is 0.493 e. The van der Waals surface area contributed by atoms with Crippen molar-refractivity contribution >= 4 is 5.96 Å². The molecule has 1 aromatic heterocycles. The van der Waals surface area contributed by atoms with Crippen molar-refractivity contribution in [2.24, 2.45) is 4.99 Å². The fourth-order valence-corrected chi connectivity index (χ4v) is 4.09. The smallest absolute Gasteiger partial charge is 0.191 e. The highest BCUT2D eigenvalue weighted by Crippen LogP contribution is 2.34. The number of para-hydroxylation sites is 1. The van der Waals surface area contributed by atoms with E-state index in [0.29, 0.717) is 19.6 Å². The molecule has 0 unspecified atom stereocenters. The lowest BCUT2D eigenvalue weighted by Gasteiger charge is -2.20. The van der Waals surface area contributed by atoms with Gasteiger partial charge in [0, 0.05) is 25.7 Å². The van der Waals surface area contributed by atoms with Crippen molar-refractivity contribution in [3.8, 4) is 11.5 Å². The molecular formula is C25H32N6O2. The summed E-state index contributed by atoms with van der Waals surface area (Å²) in [5, 5.41) is 11.0. The van der Waals surface area contributed by atoms with Gasteiger partial charge in [0.1, 0.15) is 12.7 Å². The number of aliphatic imine (C=N–C) groups is 1. The summed E-state index contributed by atoms with van der Waals surface area (Å²) in [5.74, 6) is 2.33. The molecule has 0 amide bonds. The Morgan fingerprint density at radius 2 is 1.88 bits per heavy atom. The molecule has 8 nitrogen and oxygen atoms in total. The van der Waals surface area contributed by atoms with Crippen LogP contribution in [0.1, 0.15) is 42.4 Å². The van der Waals surface area contributed by atoms with Gasteiger partial charge in [-0.3, -0.25) is 4.99 Å². The molecule has 0 radical (unpaired) electrons. The highest BCUT2D eigenvalue weighted by atomic mass is 16.5. The van der Waals surface area contributed by atoms with E-state index in [9.17, 15) is 0 Å². The zero-order valence-electron chi connectivity index (χ0n) is 19.3. The Morgan fingerprint density at radius 1 is 1.09 bits per heavy atom. The number of aromatic nitrogens is 3. The van der Waals surface area contributed by atoms with E-state index in [1.54, 1.807) is 26.8 Å². The molecule has 1 heterocycles. The van der Waals surface area contributed by atoms with Crippen LogP contribution in [0.2, 0.25) is 0 Å². The molecule has 2 aromatic carbocycles. The molecule has 0 atom stereocenters. The van der Waals surface area contributed by atoms with Crippen LogP contribution in [0.15, 0.2) is 60.1 Å². The van der Waals surface area contributed by atoms with E-state index in [1.165, 1.54) is 24.0 Å². The van der Waals surface area contributed by atoms with E-state index in [4.69, 9.17) is 9.47 Å².